The van der Waals surface area contributed by atoms with E-state index in [2.05, 4.69) is 38.5 Å². The number of benzene rings is 4. The van der Waals surface area contributed by atoms with Crippen molar-refractivity contribution in [3.8, 4) is 11.5 Å². The first-order valence-electron chi connectivity index (χ1n) is 14.6. The summed E-state index contributed by atoms with van der Waals surface area (Å²) in [6, 6.07) is 25.8. The van der Waals surface area contributed by atoms with Crippen molar-refractivity contribution in [2.45, 2.75) is 19.6 Å². The number of methoxy groups -OCH3 is 1. The fourth-order valence-corrected chi connectivity index (χ4v) is 7.96. The van der Waals surface area contributed by atoms with Gasteiger partial charge in [0, 0.05) is 15.6 Å². The molecule has 0 aliphatic carbocycles. The zero-order valence-electron chi connectivity index (χ0n) is 25.2. The average molecular weight is 825 g/mol. The zero-order chi connectivity index (χ0) is 33.1. The molecule has 4 aromatic carbocycles. The molecule has 5 aromatic rings. The molecule has 7 nitrogen and oxygen atoms in total. The first kappa shape index (κ1) is 32.9. The smallest absolute Gasteiger partial charge is 0.338 e. The molecule has 1 atom stereocenters. The van der Waals surface area contributed by atoms with E-state index in [1.165, 1.54) is 23.5 Å². The first-order chi connectivity index (χ1) is 22.8. The number of hydrogen-bond acceptors (Lipinski definition) is 7. The van der Waals surface area contributed by atoms with Crippen LogP contribution in [0, 0.1) is 9.39 Å². The Bertz CT molecular complexity index is 2160. The molecule has 0 saturated carbocycles. The lowest BCUT2D eigenvalue weighted by atomic mass is 9.93. The Morgan fingerprint density at radius 2 is 1.79 bits per heavy atom. The van der Waals surface area contributed by atoms with Gasteiger partial charge in [-0.15, -0.1) is 0 Å². The van der Waals surface area contributed by atoms with Gasteiger partial charge >= 0.3 is 5.97 Å². The highest BCUT2D eigenvalue weighted by Crippen LogP contribution is 2.36. The molecule has 0 fully saturated rings. The predicted octanol–water partition coefficient (Wildman–Crippen LogP) is 7.03. The highest BCUT2D eigenvalue weighted by atomic mass is 127. The Balaban J connectivity index is 1.55. The third-order valence-electron chi connectivity index (χ3n) is 7.43. The van der Waals surface area contributed by atoms with Crippen LogP contribution in [0.25, 0.3) is 11.8 Å². The van der Waals surface area contributed by atoms with Crippen LogP contribution in [0.2, 0.25) is 0 Å². The van der Waals surface area contributed by atoms with E-state index in [9.17, 15) is 14.0 Å². The summed E-state index contributed by atoms with van der Waals surface area (Å²) in [6.45, 7) is 2.11. The molecule has 0 amide bonds. The lowest BCUT2D eigenvalue weighted by Gasteiger charge is -2.26. The summed E-state index contributed by atoms with van der Waals surface area (Å²) in [7, 11) is 1.58. The van der Waals surface area contributed by atoms with Crippen molar-refractivity contribution in [2.75, 3.05) is 13.7 Å². The van der Waals surface area contributed by atoms with E-state index in [4.69, 9.17) is 19.2 Å². The topological polar surface area (TPSA) is 79.1 Å². The number of rotatable bonds is 9. The van der Waals surface area contributed by atoms with Crippen LogP contribution in [0.4, 0.5) is 4.39 Å². The molecular weight excluding hydrogens is 798 g/mol. The summed E-state index contributed by atoms with van der Waals surface area (Å²) in [4.78, 5) is 33.4. The van der Waals surface area contributed by atoms with E-state index < -0.39 is 12.0 Å². The second kappa shape index (κ2) is 14.4. The number of fused-ring (bicyclic) bond motifs is 1. The SMILES string of the molecule is CCOC(=O)C1=C(c2ccccc2)N=c2s/c(=C\c3cc(Br)cc(I)c3OCc3ccc(F)cc3)c(=O)n2[C@H]1c1ccc(OC)cc1. The second-order valence-electron chi connectivity index (χ2n) is 10.4. The van der Waals surface area contributed by atoms with E-state index in [1.807, 2.05) is 54.6 Å². The fraction of sp³-hybridized carbons (Fsp3) is 0.139. The maximum atomic E-state index is 14.4. The largest absolute Gasteiger partial charge is 0.497 e. The van der Waals surface area contributed by atoms with Crippen LogP contribution in [-0.4, -0.2) is 24.3 Å². The van der Waals surface area contributed by atoms with Gasteiger partial charge in [-0.3, -0.25) is 9.36 Å². The molecule has 1 aliphatic heterocycles. The second-order valence-corrected chi connectivity index (χ2v) is 13.5. The summed E-state index contributed by atoms with van der Waals surface area (Å²) in [5.74, 6) is 0.345. The monoisotopic (exact) mass is 824 g/mol. The number of aromatic nitrogens is 1. The first-order valence-corrected chi connectivity index (χ1v) is 17.2. The van der Waals surface area contributed by atoms with Crippen molar-refractivity contribution in [1.29, 1.82) is 0 Å². The number of esters is 1. The van der Waals surface area contributed by atoms with Gasteiger partial charge in [0.05, 0.1) is 39.1 Å². The van der Waals surface area contributed by atoms with Crippen molar-refractivity contribution in [1.82, 2.24) is 4.57 Å². The molecule has 0 spiro atoms. The Morgan fingerprint density at radius 3 is 2.47 bits per heavy atom. The number of halogens is 3. The van der Waals surface area contributed by atoms with Crippen molar-refractivity contribution in [3.05, 3.63) is 152 Å². The molecule has 0 unspecified atom stereocenters. The van der Waals surface area contributed by atoms with Crippen LogP contribution in [0.3, 0.4) is 0 Å². The quantitative estimate of drug-likeness (QED) is 0.118. The van der Waals surface area contributed by atoms with E-state index >= 15 is 0 Å². The van der Waals surface area contributed by atoms with Gasteiger partial charge < -0.3 is 14.2 Å². The number of ether oxygens (including phenoxy) is 3. The molecule has 1 aromatic heterocycles. The van der Waals surface area contributed by atoms with Gasteiger partial charge in [-0.1, -0.05) is 81.9 Å². The molecule has 1 aliphatic rings. The lowest BCUT2D eigenvalue weighted by Crippen LogP contribution is -2.40. The number of nitrogens with zero attached hydrogens (tertiary/aromatic N) is 2. The summed E-state index contributed by atoms with van der Waals surface area (Å²) >= 11 is 6.99. The molecule has 0 N–H and O–H groups in total. The lowest BCUT2D eigenvalue weighted by molar-refractivity contribution is -0.138. The van der Waals surface area contributed by atoms with Gasteiger partial charge in [0.1, 0.15) is 23.9 Å². The third kappa shape index (κ3) is 6.97. The van der Waals surface area contributed by atoms with Gasteiger partial charge in [-0.05, 0) is 83.1 Å². The highest BCUT2D eigenvalue weighted by molar-refractivity contribution is 14.1. The maximum absolute atomic E-state index is 14.4. The number of thiazole rings is 1. The Kier molecular flexibility index (Phi) is 10.0. The van der Waals surface area contributed by atoms with Crippen LogP contribution >= 0.6 is 49.9 Å². The highest BCUT2D eigenvalue weighted by Gasteiger charge is 2.35. The van der Waals surface area contributed by atoms with Crippen molar-refractivity contribution < 1.29 is 23.4 Å². The van der Waals surface area contributed by atoms with Crippen LogP contribution in [-0.2, 0) is 16.1 Å². The van der Waals surface area contributed by atoms with E-state index in [-0.39, 0.29) is 30.2 Å². The summed E-state index contributed by atoms with van der Waals surface area (Å²) in [5, 5.41) is 0. The molecule has 11 heteroatoms. The van der Waals surface area contributed by atoms with Crippen LogP contribution in [0.15, 0.2) is 111 Å². The molecule has 0 bridgehead atoms. The predicted molar refractivity (Wildman–Crippen MR) is 192 cm³/mol. The van der Waals surface area contributed by atoms with Crippen molar-refractivity contribution in [2.24, 2.45) is 4.99 Å². The van der Waals surface area contributed by atoms with Crippen LogP contribution < -0.4 is 24.4 Å². The van der Waals surface area contributed by atoms with E-state index in [0.717, 1.165) is 19.2 Å². The Labute approximate surface area is 295 Å². The van der Waals surface area contributed by atoms with Gasteiger partial charge in [-0.2, -0.15) is 0 Å². The molecule has 6 rings (SSSR count). The van der Waals surface area contributed by atoms with Gasteiger partial charge in [-0.25, -0.2) is 14.2 Å². The van der Waals surface area contributed by atoms with Crippen LogP contribution in [0.1, 0.15) is 35.2 Å². The summed E-state index contributed by atoms with van der Waals surface area (Å²) in [6.07, 6.45) is 1.78. The van der Waals surface area contributed by atoms with Crippen LogP contribution in [0.5, 0.6) is 11.5 Å². The number of hydrogen-bond donors (Lipinski definition) is 0. The van der Waals surface area contributed by atoms with Gasteiger partial charge in [0.25, 0.3) is 5.56 Å². The standard InChI is InChI=1S/C36H27BrFIN2O5S/c1-3-45-35(43)30-31(22-7-5-4-6-8-22)40-36-41(32(30)23-11-15-27(44-2)16-12-23)34(42)29(47-36)18-24-17-25(37)19-28(39)33(24)46-20-21-9-13-26(38)14-10-21/h4-19,32H,3,20H2,1-2H3/b29-18-/t32-/m0/s1. The van der Waals surface area contributed by atoms with Gasteiger partial charge in [0.15, 0.2) is 4.80 Å². The number of carbonyl (C=O) groups excluding carboxylic acids is 1. The minimum absolute atomic E-state index is 0.159. The summed E-state index contributed by atoms with van der Waals surface area (Å²) in [5.41, 5.74) is 3.29. The number of carbonyl (C=O) groups is 1. The van der Waals surface area contributed by atoms with Crippen molar-refractivity contribution in [3.63, 3.8) is 0 Å². The molecule has 2 heterocycles. The minimum Gasteiger partial charge on any atom is -0.497 e. The zero-order valence-corrected chi connectivity index (χ0v) is 29.8. The van der Waals surface area contributed by atoms with Crippen molar-refractivity contribution >= 4 is 67.6 Å². The Morgan fingerprint density at radius 1 is 1.06 bits per heavy atom. The average Bonchev–Trinajstić information content (AvgIpc) is 3.38. The normalized spacial score (nSPS) is 14.4. The third-order valence-corrected chi connectivity index (χ3v) is 9.67. The molecule has 0 radical (unpaired) electrons. The van der Waals surface area contributed by atoms with E-state index in [0.29, 0.717) is 37.7 Å². The molecule has 47 heavy (non-hydrogen) atoms. The Hall–Kier alpha value is -4.07. The summed E-state index contributed by atoms with van der Waals surface area (Å²) < 4.78 is 34.2. The molecule has 238 valence electrons. The minimum atomic E-state index is -0.814. The fourth-order valence-electron chi connectivity index (χ4n) is 5.26. The molecular formula is C36H27BrFIN2O5S. The molecule has 0 saturated heterocycles. The van der Waals surface area contributed by atoms with E-state index in [1.54, 1.807) is 48.9 Å². The maximum Gasteiger partial charge on any atom is 0.338 e. The van der Waals surface area contributed by atoms with Gasteiger partial charge in [0.2, 0.25) is 0 Å².